The molecule has 0 amide bonds. The van der Waals surface area contributed by atoms with E-state index in [-0.39, 0.29) is 5.69 Å². The van der Waals surface area contributed by atoms with Crippen molar-refractivity contribution in [2.75, 3.05) is 0 Å². The van der Waals surface area contributed by atoms with E-state index < -0.39 is 22.7 Å². The largest absolute Gasteiger partial charge is 0.473 e. The molecule has 0 saturated heterocycles. The van der Waals surface area contributed by atoms with Crippen LogP contribution in [0.5, 0.6) is 0 Å². The summed E-state index contributed by atoms with van der Waals surface area (Å²) in [6, 6.07) is 0. The lowest BCUT2D eigenvalue weighted by Crippen LogP contribution is -2.07. The molecule has 1 N–H and O–H groups in total. The molecule has 1 aromatic heterocycles. The highest BCUT2D eigenvalue weighted by Crippen LogP contribution is 2.29. The summed E-state index contributed by atoms with van der Waals surface area (Å²) in [4.78, 5) is 13.7. The van der Waals surface area contributed by atoms with Crippen LogP contribution in [-0.4, -0.2) is 14.9 Å². The Morgan fingerprint density at radius 2 is 2.08 bits per heavy atom. The zero-order valence-corrected chi connectivity index (χ0v) is 6.34. The van der Waals surface area contributed by atoms with Crippen LogP contribution in [0.15, 0.2) is 0 Å². The maximum Gasteiger partial charge on any atom is 0.473 e. The minimum atomic E-state index is -4.68. The van der Waals surface area contributed by atoms with E-state index in [2.05, 4.69) is 4.98 Å². The molecule has 0 spiro atoms. The molecule has 0 unspecified atom stereocenters. The van der Waals surface area contributed by atoms with E-state index in [1.54, 1.807) is 4.98 Å². The van der Waals surface area contributed by atoms with E-state index in [9.17, 15) is 23.3 Å². The van der Waals surface area contributed by atoms with E-state index in [1.807, 2.05) is 0 Å². The first-order valence-electron chi connectivity index (χ1n) is 3.10. The number of hydrogen-bond acceptors (Lipinski definition) is 3. The molecule has 5 nitrogen and oxygen atoms in total. The van der Waals surface area contributed by atoms with Gasteiger partial charge in [0.25, 0.3) is 0 Å². The summed E-state index contributed by atoms with van der Waals surface area (Å²) < 4.78 is 35.8. The van der Waals surface area contributed by atoms with Crippen LogP contribution >= 0.6 is 0 Å². The summed E-state index contributed by atoms with van der Waals surface area (Å²) in [6.07, 6.45) is -4.68. The smallest absolute Gasteiger partial charge is 0.358 e. The van der Waals surface area contributed by atoms with Crippen LogP contribution < -0.4 is 0 Å². The Hall–Kier alpha value is -1.60. The molecule has 0 radical (unpaired) electrons. The molecule has 0 aliphatic carbocycles. The number of hydrogen-bond donors (Lipinski definition) is 1. The summed E-state index contributed by atoms with van der Waals surface area (Å²) in [5, 5.41) is 10.1. The Morgan fingerprint density at radius 3 is 2.31 bits per heavy atom. The number of alkyl halides is 3. The number of imidazole rings is 1. The Balaban J connectivity index is 3.17. The average molecular weight is 195 g/mol. The lowest BCUT2D eigenvalue weighted by molar-refractivity contribution is -0.390. The van der Waals surface area contributed by atoms with Crippen molar-refractivity contribution < 1.29 is 18.1 Å². The van der Waals surface area contributed by atoms with Crippen molar-refractivity contribution in [3.05, 3.63) is 21.6 Å². The van der Waals surface area contributed by atoms with Gasteiger partial charge in [0.05, 0.1) is 0 Å². The number of nitrogens with zero attached hydrogens (tertiary/aromatic N) is 2. The number of nitro groups is 1. The molecule has 0 fully saturated rings. The summed E-state index contributed by atoms with van der Waals surface area (Å²) >= 11 is 0. The Labute approximate surface area is 69.7 Å². The van der Waals surface area contributed by atoms with Crippen molar-refractivity contribution in [3.63, 3.8) is 0 Å². The van der Waals surface area contributed by atoms with Crippen LogP contribution in [0.1, 0.15) is 11.5 Å². The van der Waals surface area contributed by atoms with Gasteiger partial charge in [-0.1, -0.05) is 0 Å². The third-order valence-corrected chi connectivity index (χ3v) is 1.31. The fourth-order valence-corrected chi connectivity index (χ4v) is 0.763. The third-order valence-electron chi connectivity index (χ3n) is 1.31. The van der Waals surface area contributed by atoms with Gasteiger partial charge in [-0.15, -0.1) is 0 Å². The van der Waals surface area contributed by atoms with Crippen molar-refractivity contribution in [2.45, 2.75) is 13.1 Å². The van der Waals surface area contributed by atoms with Gasteiger partial charge >= 0.3 is 17.8 Å². The molecule has 72 valence electrons. The predicted octanol–water partition coefficient (Wildman–Crippen LogP) is 1.65. The van der Waals surface area contributed by atoms with Gasteiger partial charge in [-0.3, -0.25) is 0 Å². The summed E-state index contributed by atoms with van der Waals surface area (Å²) in [7, 11) is 0. The van der Waals surface area contributed by atoms with Crippen LogP contribution in [-0.2, 0) is 6.18 Å². The second-order valence-corrected chi connectivity index (χ2v) is 2.27. The molecule has 0 bridgehead atoms. The number of aryl methyl sites for hydroxylation is 1. The molecule has 13 heavy (non-hydrogen) atoms. The molecule has 1 heterocycles. The van der Waals surface area contributed by atoms with Gasteiger partial charge in [0, 0.05) is 0 Å². The molecule has 0 aromatic carbocycles. The van der Waals surface area contributed by atoms with E-state index >= 15 is 0 Å². The highest BCUT2D eigenvalue weighted by Gasteiger charge is 2.39. The summed E-state index contributed by atoms with van der Waals surface area (Å²) in [6.45, 7) is 1.13. The van der Waals surface area contributed by atoms with Crippen LogP contribution in [0.2, 0.25) is 0 Å². The number of nitrogens with one attached hydrogen (secondary N) is 1. The number of rotatable bonds is 1. The van der Waals surface area contributed by atoms with Crippen LogP contribution in [0.3, 0.4) is 0 Å². The second-order valence-electron chi connectivity index (χ2n) is 2.27. The highest BCUT2D eigenvalue weighted by molar-refractivity contribution is 5.27. The summed E-state index contributed by atoms with van der Waals surface area (Å²) in [5.41, 5.74) is -0.280. The molecule has 0 aliphatic rings. The molecule has 1 aromatic rings. The minimum Gasteiger partial charge on any atom is -0.358 e. The van der Waals surface area contributed by atoms with Crippen LogP contribution in [0, 0.1) is 17.0 Å². The number of aromatic amines is 1. The second kappa shape index (κ2) is 2.71. The Kier molecular flexibility index (Phi) is 1.98. The van der Waals surface area contributed by atoms with Gasteiger partial charge in [0.1, 0.15) is 5.69 Å². The van der Waals surface area contributed by atoms with Gasteiger partial charge in [-0.05, 0) is 11.8 Å². The van der Waals surface area contributed by atoms with Gasteiger partial charge in [-0.25, -0.2) is 9.97 Å². The van der Waals surface area contributed by atoms with E-state index in [1.165, 1.54) is 0 Å². The molecule has 8 heteroatoms. The quantitative estimate of drug-likeness (QED) is 0.546. The lowest BCUT2D eigenvalue weighted by atomic mass is 10.5. The van der Waals surface area contributed by atoms with Gasteiger partial charge in [0.15, 0.2) is 0 Å². The van der Waals surface area contributed by atoms with E-state index in [0.29, 0.717) is 0 Å². The van der Waals surface area contributed by atoms with Crippen molar-refractivity contribution in [3.8, 4) is 0 Å². The molecular formula is C5H4F3N3O2. The monoisotopic (exact) mass is 195 g/mol. The van der Waals surface area contributed by atoms with Crippen LogP contribution in [0.4, 0.5) is 19.0 Å². The maximum absolute atomic E-state index is 11.9. The zero-order chi connectivity index (χ0) is 10.2. The lowest BCUT2D eigenvalue weighted by Gasteiger charge is -1.95. The van der Waals surface area contributed by atoms with Crippen LogP contribution in [0.25, 0.3) is 0 Å². The van der Waals surface area contributed by atoms with E-state index in [0.717, 1.165) is 6.92 Å². The molecule has 0 saturated carbocycles. The fourth-order valence-electron chi connectivity index (χ4n) is 0.763. The minimum absolute atomic E-state index is 0.280. The van der Waals surface area contributed by atoms with Gasteiger partial charge in [0.2, 0.25) is 0 Å². The number of H-pyrrole nitrogens is 1. The van der Waals surface area contributed by atoms with Crippen molar-refractivity contribution in [1.82, 2.24) is 9.97 Å². The number of halogens is 3. The molecule has 0 atom stereocenters. The maximum atomic E-state index is 11.9. The van der Waals surface area contributed by atoms with E-state index in [4.69, 9.17) is 0 Å². The SMILES string of the molecule is Cc1nc(C(F)(F)F)[nH]c1[N+](=O)[O-]. The normalized spacial score (nSPS) is 11.7. The molecular weight excluding hydrogens is 191 g/mol. The highest BCUT2D eigenvalue weighted by atomic mass is 19.4. The Bertz CT molecular complexity index is 343. The number of aromatic nitrogens is 2. The van der Waals surface area contributed by atoms with Crippen molar-refractivity contribution in [2.24, 2.45) is 0 Å². The zero-order valence-electron chi connectivity index (χ0n) is 6.34. The van der Waals surface area contributed by atoms with Gasteiger partial charge in [-0.2, -0.15) is 13.2 Å². The van der Waals surface area contributed by atoms with Crippen molar-refractivity contribution >= 4 is 5.82 Å². The molecule has 0 aliphatic heterocycles. The van der Waals surface area contributed by atoms with Crippen molar-refractivity contribution in [1.29, 1.82) is 0 Å². The van der Waals surface area contributed by atoms with Gasteiger partial charge < -0.3 is 10.1 Å². The third kappa shape index (κ3) is 1.76. The Morgan fingerprint density at radius 1 is 1.54 bits per heavy atom. The predicted molar refractivity (Wildman–Crippen MR) is 35.0 cm³/mol. The molecule has 1 rings (SSSR count). The average Bonchev–Trinajstić information content (AvgIpc) is 2.29. The first-order valence-corrected chi connectivity index (χ1v) is 3.10. The first kappa shape index (κ1) is 9.49. The first-order chi connectivity index (χ1) is 5.82. The topological polar surface area (TPSA) is 71.8 Å². The fraction of sp³-hybridized carbons (Fsp3) is 0.400. The standard InChI is InChI=1S/C5H4F3N3O2/c1-2-3(11(12)13)10-4(9-2)5(6,7)8/h1H3,(H,9,10). The summed E-state index contributed by atoms with van der Waals surface area (Å²) in [5.74, 6) is -2.08.